The van der Waals surface area contributed by atoms with Gasteiger partial charge in [-0.25, -0.2) is 13.1 Å². The predicted octanol–water partition coefficient (Wildman–Crippen LogP) is 3.22. The molecule has 0 radical (unpaired) electrons. The number of benzene rings is 1. The van der Waals surface area contributed by atoms with Crippen LogP contribution in [0.15, 0.2) is 51.7 Å². The average Bonchev–Trinajstić information content (AvgIpc) is 3.05. The molecule has 3 N–H and O–H groups in total. The van der Waals surface area contributed by atoms with Gasteiger partial charge >= 0.3 is 0 Å². The van der Waals surface area contributed by atoms with Crippen LogP contribution in [-0.4, -0.2) is 34.5 Å². The van der Waals surface area contributed by atoms with E-state index in [4.69, 9.17) is 11.6 Å². The monoisotopic (exact) mass is 528 g/mol. The second-order valence-corrected chi connectivity index (χ2v) is 8.94. The van der Waals surface area contributed by atoms with Crippen molar-refractivity contribution in [2.75, 3.05) is 20.1 Å². The lowest BCUT2D eigenvalue weighted by Gasteiger charge is -2.18. The maximum Gasteiger partial charge on any atom is 0.250 e. The summed E-state index contributed by atoms with van der Waals surface area (Å²) in [7, 11) is -1.85. The van der Waals surface area contributed by atoms with Crippen LogP contribution < -0.4 is 15.4 Å². The Morgan fingerprint density at radius 3 is 2.46 bits per heavy atom. The number of aliphatic imine (C=N–C) groups is 1. The van der Waals surface area contributed by atoms with Crippen molar-refractivity contribution in [3.63, 3.8) is 0 Å². The summed E-state index contributed by atoms with van der Waals surface area (Å²) in [6.07, 6.45) is 0. The summed E-state index contributed by atoms with van der Waals surface area (Å²) in [5.41, 5.74) is 1.14. The van der Waals surface area contributed by atoms with Gasteiger partial charge in [-0.2, -0.15) is 0 Å². The third kappa shape index (κ3) is 7.03. The minimum Gasteiger partial charge on any atom is -0.355 e. The Hall–Kier alpha value is -0.880. The highest BCUT2D eigenvalue weighted by atomic mass is 127. The van der Waals surface area contributed by atoms with Crippen LogP contribution in [0.4, 0.5) is 0 Å². The van der Waals surface area contributed by atoms with E-state index in [9.17, 15) is 8.42 Å². The van der Waals surface area contributed by atoms with Crippen LogP contribution in [-0.2, 0) is 10.0 Å². The maximum atomic E-state index is 12.1. The Morgan fingerprint density at radius 1 is 1.19 bits per heavy atom. The highest BCUT2D eigenvalue weighted by Gasteiger charge is 2.15. The van der Waals surface area contributed by atoms with Crippen LogP contribution in [0, 0.1) is 0 Å². The quantitative estimate of drug-likeness (QED) is 0.223. The van der Waals surface area contributed by atoms with Crippen LogP contribution in [0.3, 0.4) is 0 Å². The van der Waals surface area contributed by atoms with Gasteiger partial charge in [0.15, 0.2) is 5.96 Å². The van der Waals surface area contributed by atoms with Crippen LogP contribution in [0.25, 0.3) is 0 Å². The Balaban J connectivity index is 0.00000338. The summed E-state index contributed by atoms with van der Waals surface area (Å²) in [6, 6.07) is 13.1. The molecule has 0 aliphatic heterocycles. The van der Waals surface area contributed by atoms with Crippen LogP contribution >= 0.6 is 46.9 Å². The summed E-state index contributed by atoms with van der Waals surface area (Å²) in [5.74, 6) is 0.606. The first-order valence-corrected chi connectivity index (χ1v) is 10.4. The number of nitrogens with zero attached hydrogens (tertiary/aromatic N) is 1. The molecule has 26 heavy (non-hydrogen) atoms. The fourth-order valence-electron chi connectivity index (χ4n) is 2.10. The minimum absolute atomic E-state index is 0. The number of halogens is 2. The highest BCUT2D eigenvalue weighted by Crippen LogP contribution is 2.25. The van der Waals surface area contributed by atoms with Gasteiger partial charge in [0.25, 0.3) is 0 Å². The highest BCUT2D eigenvalue weighted by molar-refractivity contribution is 14.0. The number of hydrogen-bond donors (Lipinski definition) is 3. The van der Waals surface area contributed by atoms with E-state index >= 15 is 0 Å². The molecule has 0 bridgehead atoms. The Labute approximate surface area is 180 Å². The molecule has 0 amide bonds. The zero-order chi connectivity index (χ0) is 18.3. The molecule has 1 heterocycles. The second kappa shape index (κ2) is 11.1. The molecule has 1 aromatic heterocycles. The first-order valence-electron chi connectivity index (χ1n) is 7.69. The molecule has 0 fully saturated rings. The van der Waals surface area contributed by atoms with Gasteiger partial charge in [-0.15, -0.1) is 35.3 Å². The van der Waals surface area contributed by atoms with Gasteiger partial charge in [-0.1, -0.05) is 41.9 Å². The number of rotatable bonds is 7. The molecule has 0 saturated carbocycles. The van der Waals surface area contributed by atoms with E-state index in [-0.39, 0.29) is 40.8 Å². The summed E-state index contributed by atoms with van der Waals surface area (Å²) in [5, 5.41) is 6.35. The molecule has 1 atom stereocenters. The minimum atomic E-state index is -3.53. The van der Waals surface area contributed by atoms with Crippen molar-refractivity contribution in [2.45, 2.75) is 17.2 Å². The number of sulfonamides is 1. The third-order valence-electron chi connectivity index (χ3n) is 3.40. The van der Waals surface area contributed by atoms with E-state index in [0.717, 1.165) is 16.9 Å². The SMILES string of the molecule is CN=C(NCCNS(=O)(=O)c1ccc(Cl)s1)NC(C)c1ccccc1.I. The molecule has 144 valence electrons. The molecule has 2 rings (SSSR count). The van der Waals surface area contributed by atoms with E-state index in [1.54, 1.807) is 13.1 Å². The van der Waals surface area contributed by atoms with Crippen molar-refractivity contribution in [3.05, 3.63) is 52.4 Å². The van der Waals surface area contributed by atoms with Crippen molar-refractivity contribution in [1.82, 2.24) is 15.4 Å². The molecule has 0 saturated heterocycles. The summed E-state index contributed by atoms with van der Waals surface area (Å²) >= 11 is 6.81. The number of thiophene rings is 1. The van der Waals surface area contributed by atoms with Crippen molar-refractivity contribution in [2.24, 2.45) is 4.99 Å². The largest absolute Gasteiger partial charge is 0.355 e. The Bertz CT molecular complexity index is 813. The predicted molar refractivity (Wildman–Crippen MR) is 119 cm³/mol. The molecule has 0 spiro atoms. The smallest absolute Gasteiger partial charge is 0.250 e. The van der Waals surface area contributed by atoms with E-state index in [2.05, 4.69) is 20.3 Å². The van der Waals surface area contributed by atoms with Crippen LogP contribution in [0.1, 0.15) is 18.5 Å². The van der Waals surface area contributed by atoms with E-state index < -0.39 is 10.0 Å². The fraction of sp³-hybridized carbons (Fsp3) is 0.312. The van der Waals surface area contributed by atoms with Gasteiger partial charge < -0.3 is 10.6 Å². The first kappa shape index (κ1) is 23.2. The molecular weight excluding hydrogens is 507 g/mol. The normalized spacial score (nSPS) is 13.0. The second-order valence-electron chi connectivity index (χ2n) is 5.23. The summed E-state index contributed by atoms with van der Waals surface area (Å²) in [4.78, 5) is 4.15. The van der Waals surface area contributed by atoms with Gasteiger partial charge in [-0.05, 0) is 24.6 Å². The van der Waals surface area contributed by atoms with Crippen LogP contribution in [0.2, 0.25) is 4.34 Å². The van der Waals surface area contributed by atoms with Gasteiger partial charge in [0.05, 0.1) is 10.4 Å². The molecule has 0 aliphatic carbocycles. The topological polar surface area (TPSA) is 82.6 Å². The zero-order valence-electron chi connectivity index (χ0n) is 14.4. The summed E-state index contributed by atoms with van der Waals surface area (Å²) in [6.45, 7) is 2.67. The van der Waals surface area contributed by atoms with Crippen LogP contribution in [0.5, 0.6) is 0 Å². The molecule has 2 aromatic rings. The zero-order valence-corrected chi connectivity index (χ0v) is 19.1. The van der Waals surface area contributed by atoms with E-state index in [0.29, 0.717) is 16.8 Å². The van der Waals surface area contributed by atoms with Crippen molar-refractivity contribution < 1.29 is 8.42 Å². The van der Waals surface area contributed by atoms with E-state index in [1.807, 2.05) is 37.3 Å². The van der Waals surface area contributed by atoms with Crippen molar-refractivity contribution >= 4 is 62.9 Å². The van der Waals surface area contributed by atoms with Crippen molar-refractivity contribution in [3.8, 4) is 0 Å². The van der Waals surface area contributed by atoms with Crippen molar-refractivity contribution in [1.29, 1.82) is 0 Å². The number of hydrogen-bond acceptors (Lipinski definition) is 4. The molecule has 1 unspecified atom stereocenters. The summed E-state index contributed by atoms with van der Waals surface area (Å²) < 4.78 is 27.4. The Morgan fingerprint density at radius 2 is 1.88 bits per heavy atom. The molecule has 6 nitrogen and oxygen atoms in total. The lowest BCUT2D eigenvalue weighted by atomic mass is 10.1. The number of guanidine groups is 1. The number of nitrogens with one attached hydrogen (secondary N) is 3. The third-order valence-corrected chi connectivity index (χ3v) is 6.58. The maximum absolute atomic E-state index is 12.1. The van der Waals surface area contributed by atoms with E-state index in [1.165, 1.54) is 6.07 Å². The molecular formula is C16H22ClIN4O2S2. The Kier molecular flexibility index (Phi) is 9.86. The first-order chi connectivity index (χ1) is 11.9. The fourth-order valence-corrected chi connectivity index (χ4v) is 4.66. The van der Waals surface area contributed by atoms with Gasteiger partial charge in [0.1, 0.15) is 4.21 Å². The average molecular weight is 529 g/mol. The standard InChI is InChI=1S/C16H21ClN4O2S2.HI/c1-12(13-6-4-3-5-7-13)21-16(18-2)19-10-11-20-25(22,23)15-9-8-14(17)24-15;/h3-9,12,20H,10-11H2,1-2H3,(H2,18,19,21);1H. The lowest BCUT2D eigenvalue weighted by molar-refractivity contribution is 0.582. The van der Waals surface area contributed by atoms with Gasteiger partial charge in [0.2, 0.25) is 10.0 Å². The molecule has 10 heteroatoms. The van der Waals surface area contributed by atoms with Gasteiger partial charge in [-0.3, -0.25) is 4.99 Å². The molecule has 0 aliphatic rings. The molecule has 1 aromatic carbocycles. The lowest BCUT2D eigenvalue weighted by Crippen LogP contribution is -2.42. The van der Waals surface area contributed by atoms with Gasteiger partial charge in [0, 0.05) is 20.1 Å².